The first-order valence-corrected chi connectivity index (χ1v) is 7.10. The Balaban J connectivity index is 2.15. The Hall–Kier alpha value is -2.11. The van der Waals surface area contributed by atoms with Crippen molar-refractivity contribution in [3.63, 3.8) is 0 Å². The van der Waals surface area contributed by atoms with E-state index in [0.29, 0.717) is 12.1 Å². The summed E-state index contributed by atoms with van der Waals surface area (Å²) in [5, 5.41) is 8.60. The van der Waals surface area contributed by atoms with Crippen molar-refractivity contribution < 1.29 is 4.79 Å². The van der Waals surface area contributed by atoms with Gasteiger partial charge in [-0.15, -0.1) is 0 Å². The van der Waals surface area contributed by atoms with Crippen molar-refractivity contribution in [2.24, 2.45) is 7.05 Å². The molecule has 2 heterocycles. The average molecular weight is 289 g/mol. The molecule has 1 amide bonds. The summed E-state index contributed by atoms with van der Waals surface area (Å²) >= 11 is 0. The van der Waals surface area contributed by atoms with Gasteiger partial charge in [0.15, 0.2) is 0 Å². The van der Waals surface area contributed by atoms with E-state index in [4.69, 9.17) is 0 Å². The highest BCUT2D eigenvalue weighted by Gasteiger charge is 2.18. The third kappa shape index (κ3) is 2.99. The molecule has 0 atom stereocenters. The highest BCUT2D eigenvalue weighted by Crippen LogP contribution is 2.16. The van der Waals surface area contributed by atoms with Gasteiger partial charge in [-0.3, -0.25) is 14.2 Å². The maximum absolute atomic E-state index is 12.5. The molecular weight excluding hydrogens is 266 g/mol. The quantitative estimate of drug-likeness (QED) is 0.866. The molecule has 0 aliphatic rings. The number of hydrogen-bond donors (Lipinski definition) is 0. The molecule has 0 bridgehead atoms. The lowest BCUT2D eigenvalue weighted by Crippen LogP contribution is -2.26. The summed E-state index contributed by atoms with van der Waals surface area (Å²) in [6.07, 6.45) is 3.42. The third-order valence-corrected chi connectivity index (χ3v) is 3.78. The lowest BCUT2D eigenvalue weighted by Gasteiger charge is -2.16. The van der Waals surface area contributed by atoms with Crippen LogP contribution in [-0.4, -0.2) is 37.4 Å². The zero-order valence-corrected chi connectivity index (χ0v) is 13.6. The topological polar surface area (TPSA) is 56.0 Å². The predicted molar refractivity (Wildman–Crippen MR) is 81.1 cm³/mol. The van der Waals surface area contributed by atoms with E-state index in [1.54, 1.807) is 29.0 Å². The third-order valence-electron chi connectivity index (χ3n) is 3.78. The van der Waals surface area contributed by atoms with Crippen LogP contribution >= 0.6 is 0 Å². The molecule has 21 heavy (non-hydrogen) atoms. The SMILES string of the molecule is Cc1nn(C)c(C)c1CN(C)C(=O)c1cnn(C(C)C)c1. The van der Waals surface area contributed by atoms with Crippen LogP contribution in [0.1, 0.15) is 47.2 Å². The minimum Gasteiger partial charge on any atom is -0.337 e. The van der Waals surface area contributed by atoms with Gasteiger partial charge in [-0.1, -0.05) is 0 Å². The van der Waals surface area contributed by atoms with Gasteiger partial charge in [-0.05, 0) is 27.7 Å². The van der Waals surface area contributed by atoms with Crippen LogP contribution in [0, 0.1) is 13.8 Å². The summed E-state index contributed by atoms with van der Waals surface area (Å²) in [5.74, 6) is -0.0236. The van der Waals surface area contributed by atoms with E-state index in [-0.39, 0.29) is 11.9 Å². The highest BCUT2D eigenvalue weighted by atomic mass is 16.2. The summed E-state index contributed by atoms with van der Waals surface area (Å²) in [7, 11) is 3.72. The fourth-order valence-corrected chi connectivity index (χ4v) is 2.31. The second-order valence-electron chi connectivity index (χ2n) is 5.74. The summed E-state index contributed by atoms with van der Waals surface area (Å²) in [5.41, 5.74) is 3.77. The van der Waals surface area contributed by atoms with Crippen molar-refractivity contribution in [1.82, 2.24) is 24.5 Å². The van der Waals surface area contributed by atoms with Gasteiger partial charge in [0.05, 0.1) is 17.5 Å². The van der Waals surface area contributed by atoms with Crippen LogP contribution in [0.5, 0.6) is 0 Å². The van der Waals surface area contributed by atoms with Crippen molar-refractivity contribution in [3.8, 4) is 0 Å². The van der Waals surface area contributed by atoms with Gasteiger partial charge in [0.25, 0.3) is 5.91 Å². The second-order valence-corrected chi connectivity index (χ2v) is 5.74. The zero-order valence-electron chi connectivity index (χ0n) is 13.6. The van der Waals surface area contributed by atoms with Gasteiger partial charge in [-0.2, -0.15) is 10.2 Å². The molecule has 6 nitrogen and oxygen atoms in total. The number of amides is 1. The lowest BCUT2D eigenvalue weighted by molar-refractivity contribution is 0.0784. The van der Waals surface area contributed by atoms with E-state index in [9.17, 15) is 4.79 Å². The van der Waals surface area contributed by atoms with E-state index < -0.39 is 0 Å². The Morgan fingerprint density at radius 2 is 2.05 bits per heavy atom. The molecule has 0 spiro atoms. The monoisotopic (exact) mass is 289 g/mol. The van der Waals surface area contributed by atoms with Crippen molar-refractivity contribution in [2.45, 2.75) is 40.3 Å². The molecule has 2 aromatic rings. The zero-order chi connectivity index (χ0) is 15.7. The van der Waals surface area contributed by atoms with Crippen LogP contribution < -0.4 is 0 Å². The molecule has 0 saturated carbocycles. The summed E-state index contributed by atoms with van der Waals surface area (Å²) in [4.78, 5) is 14.2. The summed E-state index contributed by atoms with van der Waals surface area (Å²) < 4.78 is 3.64. The Labute approximate surface area is 125 Å². The molecule has 114 valence electrons. The number of nitrogens with zero attached hydrogens (tertiary/aromatic N) is 5. The first kappa shape index (κ1) is 15.3. The van der Waals surface area contributed by atoms with Crippen molar-refractivity contribution >= 4 is 5.91 Å². The van der Waals surface area contributed by atoms with Crippen molar-refractivity contribution in [1.29, 1.82) is 0 Å². The lowest BCUT2D eigenvalue weighted by atomic mass is 10.2. The molecule has 2 aromatic heterocycles. The number of hydrogen-bond acceptors (Lipinski definition) is 3. The Morgan fingerprint density at radius 1 is 1.38 bits per heavy atom. The minimum atomic E-state index is -0.0236. The number of carbonyl (C=O) groups is 1. The van der Waals surface area contributed by atoms with E-state index in [1.165, 1.54) is 0 Å². The number of aryl methyl sites for hydroxylation is 2. The second kappa shape index (κ2) is 5.71. The first-order valence-electron chi connectivity index (χ1n) is 7.10. The first-order chi connectivity index (χ1) is 9.81. The van der Waals surface area contributed by atoms with E-state index in [1.807, 2.05) is 39.4 Å². The molecule has 0 saturated heterocycles. The van der Waals surface area contributed by atoms with Crippen molar-refractivity contribution in [3.05, 3.63) is 34.9 Å². The minimum absolute atomic E-state index is 0.0236. The van der Waals surface area contributed by atoms with E-state index in [2.05, 4.69) is 10.2 Å². The molecule has 0 unspecified atom stereocenters. The smallest absolute Gasteiger partial charge is 0.257 e. The van der Waals surface area contributed by atoms with Crippen LogP contribution in [0.15, 0.2) is 12.4 Å². The summed E-state index contributed by atoms with van der Waals surface area (Å²) in [6, 6.07) is 0.250. The van der Waals surface area contributed by atoms with Gasteiger partial charge < -0.3 is 4.90 Å². The molecule has 0 radical (unpaired) electrons. The molecule has 6 heteroatoms. The van der Waals surface area contributed by atoms with Crippen LogP contribution in [0.2, 0.25) is 0 Å². The van der Waals surface area contributed by atoms with Crippen LogP contribution in [0.4, 0.5) is 0 Å². The maximum atomic E-state index is 12.5. The highest BCUT2D eigenvalue weighted by molar-refractivity contribution is 5.93. The predicted octanol–water partition coefficient (Wildman–Crippen LogP) is 2.09. The molecular formula is C15H23N5O. The fourth-order valence-electron chi connectivity index (χ4n) is 2.31. The van der Waals surface area contributed by atoms with Crippen LogP contribution in [0.3, 0.4) is 0 Å². The molecule has 0 aliphatic carbocycles. The molecule has 0 aromatic carbocycles. The molecule has 2 rings (SSSR count). The van der Waals surface area contributed by atoms with Gasteiger partial charge in [0, 0.05) is 44.1 Å². The van der Waals surface area contributed by atoms with Crippen molar-refractivity contribution in [2.75, 3.05) is 7.05 Å². The number of aromatic nitrogens is 4. The molecule has 0 N–H and O–H groups in total. The maximum Gasteiger partial charge on any atom is 0.257 e. The van der Waals surface area contributed by atoms with E-state index >= 15 is 0 Å². The van der Waals surface area contributed by atoms with Gasteiger partial charge in [0.1, 0.15) is 0 Å². The number of rotatable bonds is 4. The molecule has 0 aliphatic heterocycles. The standard InChI is InChI=1S/C15H23N5O/c1-10(2)20-8-13(7-16-20)15(21)18(5)9-14-11(3)17-19(6)12(14)4/h7-8,10H,9H2,1-6H3. The largest absolute Gasteiger partial charge is 0.337 e. The number of carbonyl (C=O) groups excluding carboxylic acids is 1. The van der Waals surface area contributed by atoms with Gasteiger partial charge in [0.2, 0.25) is 0 Å². The van der Waals surface area contributed by atoms with Crippen LogP contribution in [-0.2, 0) is 13.6 Å². The van der Waals surface area contributed by atoms with E-state index in [0.717, 1.165) is 17.0 Å². The Kier molecular flexibility index (Phi) is 4.16. The molecule has 0 fully saturated rings. The summed E-state index contributed by atoms with van der Waals surface area (Å²) in [6.45, 7) is 8.61. The fraction of sp³-hybridized carbons (Fsp3) is 0.533. The van der Waals surface area contributed by atoms with Gasteiger partial charge >= 0.3 is 0 Å². The van der Waals surface area contributed by atoms with Crippen LogP contribution in [0.25, 0.3) is 0 Å². The Morgan fingerprint density at radius 3 is 2.52 bits per heavy atom. The van der Waals surface area contributed by atoms with Gasteiger partial charge in [-0.25, -0.2) is 0 Å². The average Bonchev–Trinajstić information content (AvgIpc) is 2.99. The normalized spacial score (nSPS) is 11.2. The Bertz CT molecular complexity index is 653.